The van der Waals surface area contributed by atoms with Gasteiger partial charge in [-0.15, -0.1) is 0 Å². The van der Waals surface area contributed by atoms with Crippen LogP contribution in [0.1, 0.15) is 23.9 Å². The van der Waals surface area contributed by atoms with Crippen molar-refractivity contribution >= 4 is 11.7 Å². The number of nitrogens with zero attached hydrogens (tertiary/aromatic N) is 3. The monoisotopic (exact) mass is 320 g/mol. The summed E-state index contributed by atoms with van der Waals surface area (Å²) in [5, 5.41) is 7.29. The van der Waals surface area contributed by atoms with Gasteiger partial charge >= 0.3 is 0 Å². The quantitative estimate of drug-likeness (QED) is 0.798. The number of pyridine rings is 1. The molecule has 24 heavy (non-hydrogen) atoms. The average molecular weight is 320 g/mol. The number of hydrogen-bond donors (Lipinski definition) is 1. The lowest BCUT2D eigenvalue weighted by molar-refractivity contribution is -0.114. The number of nitrogens with one attached hydrogen (secondary N) is 1. The molecule has 122 valence electrons. The van der Waals surface area contributed by atoms with E-state index in [2.05, 4.69) is 46.6 Å². The van der Waals surface area contributed by atoms with Gasteiger partial charge < -0.3 is 5.32 Å². The minimum Gasteiger partial charge on any atom is -0.311 e. The first-order chi connectivity index (χ1) is 11.4. The first-order valence-electron chi connectivity index (χ1n) is 7.82. The molecule has 0 unspecified atom stereocenters. The van der Waals surface area contributed by atoms with E-state index in [0.717, 1.165) is 28.2 Å². The summed E-state index contributed by atoms with van der Waals surface area (Å²) in [7, 11) is 0. The van der Waals surface area contributed by atoms with Gasteiger partial charge in [0.15, 0.2) is 0 Å². The Morgan fingerprint density at radius 1 is 1.08 bits per heavy atom. The first-order valence-corrected chi connectivity index (χ1v) is 7.82. The van der Waals surface area contributed by atoms with Gasteiger partial charge in [0, 0.05) is 29.9 Å². The number of carbonyl (C=O) groups is 1. The van der Waals surface area contributed by atoms with Crippen LogP contribution in [0.4, 0.5) is 5.82 Å². The van der Waals surface area contributed by atoms with Gasteiger partial charge in [-0.1, -0.05) is 12.1 Å². The van der Waals surface area contributed by atoms with Gasteiger partial charge in [-0.05, 0) is 50.6 Å². The van der Waals surface area contributed by atoms with E-state index in [9.17, 15) is 4.79 Å². The van der Waals surface area contributed by atoms with Crippen LogP contribution in [-0.2, 0) is 4.79 Å². The van der Waals surface area contributed by atoms with Crippen LogP contribution in [0.15, 0.2) is 42.6 Å². The Balaban J connectivity index is 2.08. The Labute approximate surface area is 141 Å². The third-order valence-electron chi connectivity index (χ3n) is 3.77. The normalized spacial score (nSPS) is 10.7. The van der Waals surface area contributed by atoms with Gasteiger partial charge in [0.1, 0.15) is 5.82 Å². The van der Waals surface area contributed by atoms with E-state index in [0.29, 0.717) is 5.82 Å². The summed E-state index contributed by atoms with van der Waals surface area (Å²) in [5.41, 5.74) is 6.29. The second-order valence-corrected chi connectivity index (χ2v) is 5.97. The molecule has 2 heterocycles. The number of rotatable bonds is 3. The maximum Gasteiger partial charge on any atom is 0.222 e. The minimum absolute atomic E-state index is 0.131. The minimum atomic E-state index is -0.131. The SMILES string of the molecule is CC(=O)Nc1ccc(-c2ccc(C)cc2-n2nc(C)cc2C)cn1. The maximum absolute atomic E-state index is 11.1. The molecular formula is C19H20N4O. The molecule has 1 N–H and O–H groups in total. The lowest BCUT2D eigenvalue weighted by Crippen LogP contribution is -2.07. The van der Waals surface area contributed by atoms with Crippen molar-refractivity contribution < 1.29 is 4.79 Å². The molecule has 0 spiro atoms. The van der Waals surface area contributed by atoms with Crippen molar-refractivity contribution in [2.75, 3.05) is 5.32 Å². The van der Waals surface area contributed by atoms with E-state index in [1.54, 1.807) is 6.20 Å². The second-order valence-electron chi connectivity index (χ2n) is 5.97. The van der Waals surface area contributed by atoms with Crippen LogP contribution < -0.4 is 5.32 Å². The maximum atomic E-state index is 11.1. The van der Waals surface area contributed by atoms with Gasteiger partial charge in [-0.2, -0.15) is 5.10 Å². The molecule has 0 aliphatic rings. The molecule has 1 amide bonds. The molecule has 0 fully saturated rings. The molecule has 0 bridgehead atoms. The zero-order valence-corrected chi connectivity index (χ0v) is 14.3. The highest BCUT2D eigenvalue weighted by molar-refractivity contribution is 5.87. The summed E-state index contributed by atoms with van der Waals surface area (Å²) >= 11 is 0. The van der Waals surface area contributed by atoms with E-state index >= 15 is 0 Å². The highest BCUT2D eigenvalue weighted by Gasteiger charge is 2.12. The van der Waals surface area contributed by atoms with Crippen LogP contribution in [0.3, 0.4) is 0 Å². The highest BCUT2D eigenvalue weighted by Crippen LogP contribution is 2.28. The third kappa shape index (κ3) is 3.20. The summed E-state index contributed by atoms with van der Waals surface area (Å²) in [6, 6.07) is 12.1. The standard InChI is InChI=1S/C19H20N4O/c1-12-5-7-17(16-6-8-19(20-11-16)21-15(4)24)18(9-12)23-14(3)10-13(2)22-23/h5-11H,1-4H3,(H,20,21,24). The predicted octanol–water partition coefficient (Wildman–Crippen LogP) is 3.82. The van der Waals surface area contributed by atoms with Crippen molar-refractivity contribution in [3.63, 3.8) is 0 Å². The first kappa shape index (κ1) is 15.9. The number of aryl methyl sites for hydroxylation is 3. The Bertz CT molecular complexity index is 894. The fraction of sp³-hybridized carbons (Fsp3) is 0.211. The zero-order chi connectivity index (χ0) is 17.3. The van der Waals surface area contributed by atoms with E-state index in [-0.39, 0.29) is 5.91 Å². The van der Waals surface area contributed by atoms with Crippen LogP contribution in [-0.4, -0.2) is 20.7 Å². The molecule has 0 atom stereocenters. The summed E-state index contributed by atoms with van der Waals surface area (Å²) in [4.78, 5) is 15.4. The number of benzene rings is 1. The molecule has 2 aromatic heterocycles. The predicted molar refractivity (Wildman–Crippen MR) is 95.3 cm³/mol. The highest BCUT2D eigenvalue weighted by atomic mass is 16.1. The van der Waals surface area contributed by atoms with Crippen LogP contribution in [0.2, 0.25) is 0 Å². The number of amides is 1. The van der Waals surface area contributed by atoms with Gasteiger partial charge in [0.25, 0.3) is 0 Å². The summed E-state index contributed by atoms with van der Waals surface area (Å²) in [5.74, 6) is 0.417. The molecule has 0 saturated heterocycles. The molecule has 3 aromatic rings. The summed E-state index contributed by atoms with van der Waals surface area (Å²) in [6.45, 7) is 7.57. The van der Waals surface area contributed by atoms with Gasteiger partial charge in [-0.3, -0.25) is 4.79 Å². The molecule has 0 saturated carbocycles. The van der Waals surface area contributed by atoms with Crippen LogP contribution in [0.5, 0.6) is 0 Å². The average Bonchev–Trinajstić information content (AvgIpc) is 2.86. The van der Waals surface area contributed by atoms with E-state index in [4.69, 9.17) is 0 Å². The lowest BCUT2D eigenvalue weighted by atomic mass is 10.0. The van der Waals surface area contributed by atoms with Gasteiger partial charge in [0.2, 0.25) is 5.91 Å². The molecule has 5 nitrogen and oxygen atoms in total. The van der Waals surface area contributed by atoms with Gasteiger partial charge in [0.05, 0.1) is 11.4 Å². The largest absolute Gasteiger partial charge is 0.311 e. The van der Waals surface area contributed by atoms with Crippen molar-refractivity contribution in [2.45, 2.75) is 27.7 Å². The smallest absolute Gasteiger partial charge is 0.222 e. The zero-order valence-electron chi connectivity index (χ0n) is 14.3. The Morgan fingerprint density at radius 2 is 1.88 bits per heavy atom. The van der Waals surface area contributed by atoms with Crippen LogP contribution >= 0.6 is 0 Å². The van der Waals surface area contributed by atoms with Crippen LogP contribution in [0.25, 0.3) is 16.8 Å². The molecule has 5 heteroatoms. The van der Waals surface area contributed by atoms with Gasteiger partial charge in [-0.25, -0.2) is 9.67 Å². The number of carbonyl (C=O) groups excluding carboxylic acids is 1. The number of anilines is 1. The number of aromatic nitrogens is 3. The molecule has 1 aromatic carbocycles. The van der Waals surface area contributed by atoms with Crippen molar-refractivity contribution in [1.82, 2.24) is 14.8 Å². The van der Waals surface area contributed by atoms with Crippen molar-refractivity contribution in [1.29, 1.82) is 0 Å². The Morgan fingerprint density at radius 3 is 2.46 bits per heavy atom. The van der Waals surface area contributed by atoms with E-state index in [1.165, 1.54) is 12.5 Å². The van der Waals surface area contributed by atoms with E-state index in [1.807, 2.05) is 30.7 Å². The topological polar surface area (TPSA) is 59.8 Å². The summed E-state index contributed by atoms with van der Waals surface area (Å²) in [6.07, 6.45) is 1.77. The van der Waals surface area contributed by atoms with Crippen molar-refractivity contribution in [3.8, 4) is 16.8 Å². The Kier molecular flexibility index (Phi) is 4.16. The molecule has 0 radical (unpaired) electrons. The van der Waals surface area contributed by atoms with Crippen LogP contribution in [0, 0.1) is 20.8 Å². The molecule has 3 rings (SSSR count). The fourth-order valence-corrected chi connectivity index (χ4v) is 2.74. The van der Waals surface area contributed by atoms with E-state index < -0.39 is 0 Å². The Hall–Kier alpha value is -2.95. The second kappa shape index (κ2) is 6.28. The van der Waals surface area contributed by atoms with Crippen molar-refractivity contribution in [2.24, 2.45) is 0 Å². The van der Waals surface area contributed by atoms with Crippen molar-refractivity contribution in [3.05, 3.63) is 59.5 Å². The summed E-state index contributed by atoms with van der Waals surface area (Å²) < 4.78 is 1.96. The fourth-order valence-electron chi connectivity index (χ4n) is 2.74. The third-order valence-corrected chi connectivity index (χ3v) is 3.77. The molecular weight excluding hydrogens is 300 g/mol. The number of hydrogen-bond acceptors (Lipinski definition) is 3. The lowest BCUT2D eigenvalue weighted by Gasteiger charge is -2.13. The molecule has 0 aliphatic heterocycles. The molecule has 0 aliphatic carbocycles.